The van der Waals surface area contributed by atoms with Gasteiger partial charge in [0.05, 0.1) is 0 Å². The second-order valence-electron chi connectivity index (χ2n) is 6.34. The molecular weight excluding hydrogens is 242 g/mol. The highest BCUT2D eigenvalue weighted by Gasteiger charge is 2.28. The summed E-state index contributed by atoms with van der Waals surface area (Å²) >= 11 is 0. The van der Waals surface area contributed by atoms with Crippen LogP contribution in [-0.4, -0.2) is 6.04 Å². The molecule has 1 nitrogen and oxygen atoms in total. The number of fused-ring (bicyclic) bond motifs is 1. The molecule has 3 rings (SSSR count). The van der Waals surface area contributed by atoms with Crippen molar-refractivity contribution < 1.29 is 0 Å². The van der Waals surface area contributed by atoms with E-state index in [4.69, 9.17) is 5.73 Å². The predicted octanol–water partition coefficient (Wildman–Crippen LogP) is 4.85. The van der Waals surface area contributed by atoms with Crippen molar-refractivity contribution in [1.29, 1.82) is 0 Å². The number of rotatable bonds is 3. The van der Waals surface area contributed by atoms with Gasteiger partial charge in [0.1, 0.15) is 0 Å². The molecule has 106 valence electrons. The summed E-state index contributed by atoms with van der Waals surface area (Å²) in [4.78, 5) is 0. The molecule has 2 N–H and O–H groups in total. The third kappa shape index (κ3) is 2.73. The topological polar surface area (TPSA) is 26.0 Å². The van der Waals surface area contributed by atoms with E-state index in [9.17, 15) is 0 Å². The Morgan fingerprint density at radius 1 is 1.05 bits per heavy atom. The highest BCUT2D eigenvalue weighted by atomic mass is 14.7. The molecule has 1 heteroatoms. The van der Waals surface area contributed by atoms with Gasteiger partial charge in [-0.15, -0.1) is 0 Å². The minimum Gasteiger partial charge on any atom is -0.327 e. The second kappa shape index (κ2) is 5.97. The van der Waals surface area contributed by atoms with Gasteiger partial charge in [0.2, 0.25) is 0 Å². The Balaban J connectivity index is 1.88. The summed E-state index contributed by atoms with van der Waals surface area (Å²) in [6.45, 7) is 2.29. The fourth-order valence-electron chi connectivity index (χ4n) is 3.77. The van der Waals surface area contributed by atoms with Crippen LogP contribution in [0.2, 0.25) is 0 Å². The van der Waals surface area contributed by atoms with Gasteiger partial charge in [0, 0.05) is 6.04 Å². The molecule has 1 aliphatic rings. The van der Waals surface area contributed by atoms with Gasteiger partial charge in [-0.05, 0) is 47.4 Å². The lowest BCUT2D eigenvalue weighted by Gasteiger charge is -2.34. The molecule has 0 heterocycles. The average Bonchev–Trinajstić information content (AvgIpc) is 2.49. The van der Waals surface area contributed by atoms with Gasteiger partial charge in [-0.1, -0.05) is 62.2 Å². The van der Waals surface area contributed by atoms with Gasteiger partial charge < -0.3 is 5.73 Å². The third-order valence-electron chi connectivity index (χ3n) is 4.91. The van der Waals surface area contributed by atoms with E-state index in [1.54, 1.807) is 0 Å². The van der Waals surface area contributed by atoms with Crippen LogP contribution in [0.15, 0.2) is 42.5 Å². The van der Waals surface area contributed by atoms with Crippen molar-refractivity contribution in [3.05, 3.63) is 48.0 Å². The number of nitrogens with two attached hydrogens (primary N) is 1. The molecule has 3 unspecified atom stereocenters. The summed E-state index contributed by atoms with van der Waals surface area (Å²) < 4.78 is 0. The first-order valence-corrected chi connectivity index (χ1v) is 8.02. The van der Waals surface area contributed by atoms with Crippen LogP contribution in [0.1, 0.15) is 50.5 Å². The maximum absolute atomic E-state index is 6.41. The highest BCUT2D eigenvalue weighted by molar-refractivity contribution is 5.83. The molecule has 2 aromatic rings. The van der Waals surface area contributed by atoms with Crippen LogP contribution in [0.4, 0.5) is 0 Å². The molecule has 1 saturated carbocycles. The highest BCUT2D eigenvalue weighted by Crippen LogP contribution is 2.38. The molecule has 0 saturated heterocycles. The molecule has 1 aliphatic carbocycles. The summed E-state index contributed by atoms with van der Waals surface area (Å²) in [5, 5.41) is 2.67. The van der Waals surface area contributed by atoms with Crippen molar-refractivity contribution in [2.45, 2.75) is 51.0 Å². The van der Waals surface area contributed by atoms with Crippen molar-refractivity contribution in [2.75, 3.05) is 0 Å². The second-order valence-corrected chi connectivity index (χ2v) is 6.34. The molecule has 1 fully saturated rings. The van der Waals surface area contributed by atoms with Crippen molar-refractivity contribution in [1.82, 2.24) is 0 Å². The summed E-state index contributed by atoms with van der Waals surface area (Å²) in [6.07, 6.45) is 6.43. The van der Waals surface area contributed by atoms with E-state index in [0.717, 1.165) is 5.92 Å². The lowest BCUT2D eigenvalue weighted by molar-refractivity contribution is 0.274. The number of hydrogen-bond acceptors (Lipinski definition) is 1. The van der Waals surface area contributed by atoms with Crippen molar-refractivity contribution in [3.8, 4) is 0 Å². The van der Waals surface area contributed by atoms with Crippen LogP contribution >= 0.6 is 0 Å². The summed E-state index contributed by atoms with van der Waals surface area (Å²) in [7, 11) is 0. The van der Waals surface area contributed by atoms with Crippen molar-refractivity contribution in [3.63, 3.8) is 0 Å². The Morgan fingerprint density at radius 3 is 2.65 bits per heavy atom. The van der Waals surface area contributed by atoms with Crippen molar-refractivity contribution >= 4 is 10.8 Å². The van der Waals surface area contributed by atoms with E-state index in [1.165, 1.54) is 48.4 Å². The monoisotopic (exact) mass is 267 g/mol. The SMILES string of the molecule is CCCC1CCC(N)C(c2ccc3ccccc3c2)C1. The summed E-state index contributed by atoms with van der Waals surface area (Å²) in [5.74, 6) is 1.42. The molecule has 20 heavy (non-hydrogen) atoms. The van der Waals surface area contributed by atoms with Crippen LogP contribution in [0.5, 0.6) is 0 Å². The fourth-order valence-corrected chi connectivity index (χ4v) is 3.77. The lowest BCUT2D eigenvalue weighted by atomic mass is 9.73. The summed E-state index contributed by atoms with van der Waals surface area (Å²) in [6, 6.07) is 15.8. The van der Waals surface area contributed by atoms with Crippen LogP contribution in [0, 0.1) is 5.92 Å². The zero-order chi connectivity index (χ0) is 13.9. The molecule has 0 amide bonds. The van der Waals surface area contributed by atoms with Crippen LogP contribution in [0.3, 0.4) is 0 Å². The van der Waals surface area contributed by atoms with E-state index in [0.29, 0.717) is 12.0 Å². The maximum Gasteiger partial charge on any atom is 0.0108 e. The summed E-state index contributed by atoms with van der Waals surface area (Å²) in [5.41, 5.74) is 7.86. The quantitative estimate of drug-likeness (QED) is 0.845. The fraction of sp³-hybridized carbons (Fsp3) is 0.474. The molecular formula is C19H25N. The van der Waals surface area contributed by atoms with E-state index in [2.05, 4.69) is 49.4 Å². The predicted molar refractivity (Wildman–Crippen MR) is 86.9 cm³/mol. The molecule has 0 aromatic heterocycles. The van der Waals surface area contributed by atoms with Gasteiger partial charge in [0.15, 0.2) is 0 Å². The van der Waals surface area contributed by atoms with Crippen LogP contribution in [-0.2, 0) is 0 Å². The van der Waals surface area contributed by atoms with Crippen LogP contribution < -0.4 is 5.73 Å². The van der Waals surface area contributed by atoms with Crippen molar-refractivity contribution in [2.24, 2.45) is 11.7 Å². The van der Waals surface area contributed by atoms with Gasteiger partial charge >= 0.3 is 0 Å². The van der Waals surface area contributed by atoms with E-state index in [-0.39, 0.29) is 0 Å². The van der Waals surface area contributed by atoms with E-state index in [1.807, 2.05) is 0 Å². The van der Waals surface area contributed by atoms with Gasteiger partial charge in [-0.3, -0.25) is 0 Å². The van der Waals surface area contributed by atoms with Gasteiger partial charge in [0.25, 0.3) is 0 Å². The van der Waals surface area contributed by atoms with Gasteiger partial charge in [-0.25, -0.2) is 0 Å². The molecule has 0 aliphatic heterocycles. The molecule has 0 spiro atoms. The zero-order valence-corrected chi connectivity index (χ0v) is 12.4. The first-order chi connectivity index (χ1) is 9.78. The first-order valence-electron chi connectivity index (χ1n) is 8.02. The first kappa shape index (κ1) is 13.6. The number of hydrogen-bond donors (Lipinski definition) is 1. The lowest BCUT2D eigenvalue weighted by Crippen LogP contribution is -2.34. The van der Waals surface area contributed by atoms with Crippen LogP contribution in [0.25, 0.3) is 10.8 Å². The number of benzene rings is 2. The smallest absolute Gasteiger partial charge is 0.0108 e. The third-order valence-corrected chi connectivity index (χ3v) is 4.91. The molecule has 0 bridgehead atoms. The minimum atomic E-state index is 0.337. The Bertz CT molecular complexity index is 575. The standard InChI is InChI=1S/C19H25N/c1-2-5-14-8-11-19(20)18(12-14)17-10-9-15-6-3-4-7-16(15)13-17/h3-4,6-7,9-10,13-14,18-19H,2,5,8,11-12,20H2,1H3. The Labute approximate surface area is 122 Å². The van der Waals surface area contributed by atoms with E-state index >= 15 is 0 Å². The molecule has 2 aromatic carbocycles. The maximum atomic E-state index is 6.41. The Hall–Kier alpha value is -1.34. The largest absolute Gasteiger partial charge is 0.327 e. The Kier molecular flexibility index (Phi) is 4.07. The Morgan fingerprint density at radius 2 is 1.85 bits per heavy atom. The van der Waals surface area contributed by atoms with Gasteiger partial charge in [-0.2, -0.15) is 0 Å². The minimum absolute atomic E-state index is 0.337. The molecule has 0 radical (unpaired) electrons. The average molecular weight is 267 g/mol. The molecule has 3 atom stereocenters. The van der Waals surface area contributed by atoms with E-state index < -0.39 is 0 Å². The zero-order valence-electron chi connectivity index (χ0n) is 12.4. The normalized spacial score (nSPS) is 26.8.